The number of quaternary nitrogens is 1. The Bertz CT molecular complexity index is 1150. The van der Waals surface area contributed by atoms with Gasteiger partial charge in [0.05, 0.1) is 31.1 Å². The molecule has 152 valence electrons. The molecule has 0 saturated carbocycles. The SMILES string of the molecule is Cc1ccc(S(=O)(=O)N2CC[NH+](Cc3ccc(O)c4ccccc34)CC2)c(C)c1. The standard InChI is InChI=1S/C23H26N2O3S/c1-17-7-10-23(18(2)15-17)29(27,28)25-13-11-24(12-14-25)16-19-8-9-22(26)21-6-4-3-5-20(19)21/h3-10,15,26H,11-14,16H2,1-2H3/p+1. The molecule has 5 nitrogen and oxygen atoms in total. The molecule has 0 amide bonds. The lowest BCUT2D eigenvalue weighted by Gasteiger charge is -2.32. The molecular formula is C23H27N2O3S+. The van der Waals surface area contributed by atoms with Crippen molar-refractivity contribution in [2.75, 3.05) is 26.2 Å². The Balaban J connectivity index is 1.48. The summed E-state index contributed by atoms with van der Waals surface area (Å²) in [6, 6.07) is 17.1. The van der Waals surface area contributed by atoms with E-state index in [1.54, 1.807) is 16.4 Å². The lowest BCUT2D eigenvalue weighted by atomic mass is 10.0. The van der Waals surface area contributed by atoms with Crippen LogP contribution in [0.2, 0.25) is 0 Å². The number of hydrogen-bond donors (Lipinski definition) is 2. The van der Waals surface area contributed by atoms with Gasteiger partial charge in [-0.3, -0.25) is 0 Å². The van der Waals surface area contributed by atoms with E-state index in [9.17, 15) is 13.5 Å². The van der Waals surface area contributed by atoms with Crippen LogP contribution in [0.1, 0.15) is 16.7 Å². The zero-order chi connectivity index (χ0) is 20.6. The van der Waals surface area contributed by atoms with Crippen LogP contribution in [-0.4, -0.2) is 44.0 Å². The average Bonchev–Trinajstić information content (AvgIpc) is 2.70. The highest BCUT2D eigenvalue weighted by Gasteiger charge is 2.31. The summed E-state index contributed by atoms with van der Waals surface area (Å²) >= 11 is 0. The van der Waals surface area contributed by atoms with Crippen LogP contribution < -0.4 is 4.90 Å². The van der Waals surface area contributed by atoms with Gasteiger partial charge in [0.1, 0.15) is 12.3 Å². The van der Waals surface area contributed by atoms with Crippen molar-refractivity contribution >= 4 is 20.8 Å². The van der Waals surface area contributed by atoms with Crippen molar-refractivity contribution in [2.24, 2.45) is 0 Å². The molecule has 0 bridgehead atoms. The molecule has 6 heteroatoms. The number of aryl methyl sites for hydroxylation is 2. The van der Waals surface area contributed by atoms with Gasteiger partial charge in [0.25, 0.3) is 0 Å². The topological polar surface area (TPSA) is 62.0 Å². The monoisotopic (exact) mass is 411 g/mol. The summed E-state index contributed by atoms with van der Waals surface area (Å²) in [5.41, 5.74) is 3.05. The number of aromatic hydroxyl groups is 1. The Morgan fingerprint density at radius 3 is 2.34 bits per heavy atom. The number of hydrogen-bond acceptors (Lipinski definition) is 3. The molecule has 1 aliphatic rings. The summed E-state index contributed by atoms with van der Waals surface area (Å²) in [4.78, 5) is 1.77. The van der Waals surface area contributed by atoms with E-state index >= 15 is 0 Å². The minimum Gasteiger partial charge on any atom is -0.507 e. The van der Waals surface area contributed by atoms with Crippen LogP contribution >= 0.6 is 0 Å². The number of phenolic OH excluding ortho intramolecular Hbond substituents is 1. The van der Waals surface area contributed by atoms with Gasteiger partial charge in [-0.15, -0.1) is 0 Å². The molecule has 0 spiro atoms. The minimum atomic E-state index is -3.46. The molecule has 0 unspecified atom stereocenters. The van der Waals surface area contributed by atoms with E-state index in [1.165, 1.54) is 10.5 Å². The van der Waals surface area contributed by atoms with Crippen molar-refractivity contribution in [1.82, 2.24) is 4.31 Å². The molecule has 1 saturated heterocycles. The molecule has 3 aromatic rings. The lowest BCUT2D eigenvalue weighted by Crippen LogP contribution is -3.13. The second-order valence-corrected chi connectivity index (χ2v) is 9.80. The first-order valence-corrected chi connectivity index (χ1v) is 11.4. The molecule has 2 N–H and O–H groups in total. The lowest BCUT2D eigenvalue weighted by molar-refractivity contribution is -0.917. The first kappa shape index (κ1) is 19.9. The maximum Gasteiger partial charge on any atom is 0.243 e. The molecule has 29 heavy (non-hydrogen) atoms. The number of phenols is 1. The van der Waals surface area contributed by atoms with E-state index in [1.807, 2.05) is 56.3 Å². The highest BCUT2D eigenvalue weighted by Crippen LogP contribution is 2.27. The molecule has 4 rings (SSSR count). The van der Waals surface area contributed by atoms with Crippen LogP contribution in [0.5, 0.6) is 5.75 Å². The fourth-order valence-electron chi connectivity index (χ4n) is 4.22. The summed E-state index contributed by atoms with van der Waals surface area (Å²) in [5, 5.41) is 12.0. The van der Waals surface area contributed by atoms with Crippen molar-refractivity contribution in [3.8, 4) is 5.75 Å². The Morgan fingerprint density at radius 1 is 0.966 bits per heavy atom. The van der Waals surface area contributed by atoms with Gasteiger partial charge in [0, 0.05) is 10.9 Å². The molecule has 3 aromatic carbocycles. The molecular weight excluding hydrogens is 384 g/mol. The first-order valence-electron chi connectivity index (χ1n) is 9.97. The van der Waals surface area contributed by atoms with Gasteiger partial charge in [0.15, 0.2) is 0 Å². The maximum atomic E-state index is 13.1. The normalized spacial score (nSPS) is 16.3. The molecule has 0 aliphatic carbocycles. The van der Waals surface area contributed by atoms with Crippen molar-refractivity contribution in [3.63, 3.8) is 0 Å². The largest absolute Gasteiger partial charge is 0.507 e. The van der Waals surface area contributed by atoms with E-state index in [2.05, 4.69) is 0 Å². The van der Waals surface area contributed by atoms with Gasteiger partial charge < -0.3 is 10.0 Å². The van der Waals surface area contributed by atoms with Crippen molar-refractivity contribution in [3.05, 3.63) is 71.3 Å². The van der Waals surface area contributed by atoms with Crippen LogP contribution in [0.4, 0.5) is 0 Å². The third-order valence-electron chi connectivity index (χ3n) is 5.81. The van der Waals surface area contributed by atoms with Crippen LogP contribution in [0.15, 0.2) is 59.5 Å². The van der Waals surface area contributed by atoms with Gasteiger partial charge in [-0.25, -0.2) is 8.42 Å². The quantitative estimate of drug-likeness (QED) is 0.692. The van der Waals surface area contributed by atoms with Crippen LogP contribution in [0.25, 0.3) is 10.8 Å². The van der Waals surface area contributed by atoms with Crippen molar-refractivity contribution in [2.45, 2.75) is 25.3 Å². The minimum absolute atomic E-state index is 0.295. The average molecular weight is 412 g/mol. The number of benzene rings is 3. The van der Waals surface area contributed by atoms with Crippen LogP contribution in [0, 0.1) is 13.8 Å². The molecule has 0 aromatic heterocycles. The van der Waals surface area contributed by atoms with E-state index in [0.717, 1.165) is 41.5 Å². The summed E-state index contributed by atoms with van der Waals surface area (Å²) in [6.07, 6.45) is 0. The summed E-state index contributed by atoms with van der Waals surface area (Å²) < 4.78 is 27.8. The smallest absolute Gasteiger partial charge is 0.243 e. The number of nitrogens with one attached hydrogen (secondary N) is 1. The second-order valence-electron chi connectivity index (χ2n) is 7.89. The number of rotatable bonds is 4. The predicted octanol–water partition coefficient (Wildman–Crippen LogP) is 2.25. The van der Waals surface area contributed by atoms with Gasteiger partial charge in [-0.2, -0.15) is 4.31 Å². The van der Waals surface area contributed by atoms with E-state index in [4.69, 9.17) is 0 Å². The van der Waals surface area contributed by atoms with Gasteiger partial charge in [0.2, 0.25) is 10.0 Å². The Labute approximate surface area is 172 Å². The highest BCUT2D eigenvalue weighted by atomic mass is 32.2. The van der Waals surface area contributed by atoms with Crippen molar-refractivity contribution < 1.29 is 18.4 Å². The number of sulfonamides is 1. The van der Waals surface area contributed by atoms with E-state index in [0.29, 0.717) is 23.7 Å². The molecule has 0 atom stereocenters. The third-order valence-corrected chi connectivity index (χ3v) is 7.87. The van der Waals surface area contributed by atoms with E-state index < -0.39 is 10.0 Å². The van der Waals surface area contributed by atoms with Gasteiger partial charge >= 0.3 is 0 Å². The summed E-state index contributed by atoms with van der Waals surface area (Å²) in [7, 11) is -3.46. The molecule has 0 radical (unpaired) electrons. The second kappa shape index (κ2) is 7.78. The number of nitrogens with zero attached hydrogens (tertiary/aromatic N) is 1. The van der Waals surface area contributed by atoms with Crippen LogP contribution in [-0.2, 0) is 16.6 Å². The summed E-state index contributed by atoms with van der Waals surface area (Å²) in [6.45, 7) is 7.20. The Hall–Kier alpha value is -2.41. The van der Waals surface area contributed by atoms with Crippen molar-refractivity contribution in [1.29, 1.82) is 0 Å². The van der Waals surface area contributed by atoms with Gasteiger partial charge in [-0.1, -0.05) is 42.0 Å². The Kier molecular flexibility index (Phi) is 5.34. The maximum absolute atomic E-state index is 13.1. The highest BCUT2D eigenvalue weighted by molar-refractivity contribution is 7.89. The fourth-order valence-corrected chi connectivity index (χ4v) is 5.86. The Morgan fingerprint density at radius 2 is 1.66 bits per heavy atom. The van der Waals surface area contributed by atoms with Gasteiger partial charge in [-0.05, 0) is 43.0 Å². The zero-order valence-electron chi connectivity index (χ0n) is 16.9. The summed E-state index contributed by atoms with van der Waals surface area (Å²) in [5.74, 6) is 0.295. The molecule has 1 heterocycles. The van der Waals surface area contributed by atoms with Crippen LogP contribution in [0.3, 0.4) is 0 Å². The number of piperazine rings is 1. The predicted molar refractivity (Wildman–Crippen MR) is 115 cm³/mol. The first-order chi connectivity index (χ1) is 13.9. The third kappa shape index (κ3) is 3.88. The zero-order valence-corrected chi connectivity index (χ0v) is 17.7. The molecule has 1 fully saturated rings. The van der Waals surface area contributed by atoms with E-state index in [-0.39, 0.29) is 0 Å². The molecule has 1 aliphatic heterocycles. The fraction of sp³-hybridized carbons (Fsp3) is 0.304. The number of fused-ring (bicyclic) bond motifs is 1.